The van der Waals surface area contributed by atoms with E-state index in [2.05, 4.69) is 51.4 Å². The summed E-state index contributed by atoms with van der Waals surface area (Å²) in [6.07, 6.45) is 5.62. The molecule has 0 aliphatic rings. The van der Waals surface area contributed by atoms with Crippen molar-refractivity contribution in [2.75, 3.05) is 7.05 Å². The van der Waals surface area contributed by atoms with E-state index in [1.54, 1.807) is 13.2 Å². The number of hydrogen-bond donors (Lipinski definition) is 1. The number of hydrogen-bond acceptors (Lipinski definition) is 3. The Hall–Kier alpha value is -2.21. The molecule has 1 N–H and O–H groups in total. The molecule has 3 aromatic heterocycles. The molecule has 0 radical (unpaired) electrons. The SMILES string of the molecule is CCc1ccc2c(-c3cncc(Br)c3)c(CCC(=O)NC)c(C)nn12. The van der Waals surface area contributed by atoms with Gasteiger partial charge in [0, 0.05) is 47.2 Å². The predicted octanol–water partition coefficient (Wildman–Crippen LogP) is 3.71. The third-order valence-electron chi connectivity index (χ3n) is 4.42. The molecule has 0 atom stereocenters. The van der Waals surface area contributed by atoms with E-state index < -0.39 is 0 Å². The third-order valence-corrected chi connectivity index (χ3v) is 4.85. The smallest absolute Gasteiger partial charge is 0.220 e. The molecule has 0 unspecified atom stereocenters. The summed E-state index contributed by atoms with van der Waals surface area (Å²) in [5.41, 5.74) is 6.38. The first-order chi connectivity index (χ1) is 12.0. The number of nitrogens with zero attached hydrogens (tertiary/aromatic N) is 3. The highest BCUT2D eigenvalue weighted by Crippen LogP contribution is 2.33. The molecular weight excluding hydrogens is 380 g/mol. The summed E-state index contributed by atoms with van der Waals surface area (Å²) >= 11 is 3.51. The Balaban J connectivity index is 2.24. The fraction of sp³-hybridized carbons (Fsp3) is 0.316. The molecule has 5 nitrogen and oxygen atoms in total. The first kappa shape index (κ1) is 17.6. The van der Waals surface area contributed by atoms with E-state index in [-0.39, 0.29) is 5.91 Å². The zero-order chi connectivity index (χ0) is 18.0. The van der Waals surface area contributed by atoms with Crippen LogP contribution in [0.15, 0.2) is 35.1 Å². The van der Waals surface area contributed by atoms with E-state index in [1.807, 2.05) is 17.6 Å². The highest BCUT2D eigenvalue weighted by atomic mass is 79.9. The molecule has 3 rings (SSSR count). The van der Waals surface area contributed by atoms with Crippen molar-refractivity contribution in [1.29, 1.82) is 0 Å². The highest BCUT2D eigenvalue weighted by Gasteiger charge is 2.17. The summed E-state index contributed by atoms with van der Waals surface area (Å²) in [5, 5.41) is 7.46. The summed E-state index contributed by atoms with van der Waals surface area (Å²) in [5.74, 6) is 0.0298. The van der Waals surface area contributed by atoms with E-state index in [0.717, 1.165) is 38.8 Å². The van der Waals surface area contributed by atoms with Crippen molar-refractivity contribution in [3.63, 3.8) is 0 Å². The molecule has 6 heteroatoms. The van der Waals surface area contributed by atoms with Crippen molar-refractivity contribution in [1.82, 2.24) is 19.9 Å². The van der Waals surface area contributed by atoms with Crippen LogP contribution in [0.25, 0.3) is 16.6 Å². The van der Waals surface area contributed by atoms with Crippen molar-refractivity contribution in [2.45, 2.75) is 33.1 Å². The minimum absolute atomic E-state index is 0.0298. The first-order valence-corrected chi connectivity index (χ1v) is 9.16. The van der Waals surface area contributed by atoms with Crippen LogP contribution in [0, 0.1) is 6.92 Å². The van der Waals surface area contributed by atoms with Crippen LogP contribution in [-0.4, -0.2) is 27.6 Å². The topological polar surface area (TPSA) is 59.3 Å². The average Bonchev–Trinajstić information content (AvgIpc) is 3.01. The highest BCUT2D eigenvalue weighted by molar-refractivity contribution is 9.10. The summed E-state index contributed by atoms with van der Waals surface area (Å²) < 4.78 is 2.94. The maximum Gasteiger partial charge on any atom is 0.220 e. The fourth-order valence-corrected chi connectivity index (χ4v) is 3.50. The molecule has 0 spiro atoms. The van der Waals surface area contributed by atoms with Gasteiger partial charge in [0.25, 0.3) is 0 Å². The van der Waals surface area contributed by atoms with Gasteiger partial charge in [-0.05, 0) is 59.5 Å². The number of rotatable bonds is 5. The zero-order valence-corrected chi connectivity index (χ0v) is 16.2. The standard InChI is InChI=1S/C19H21BrN4O/c1-4-15-5-7-17-19(13-9-14(20)11-22-10-13)16(6-8-18(25)21-3)12(2)23-24(15)17/h5,7,9-11H,4,6,8H2,1-3H3,(H,21,25). The van der Waals surface area contributed by atoms with Gasteiger partial charge >= 0.3 is 0 Å². The number of pyridine rings is 1. The monoisotopic (exact) mass is 400 g/mol. The van der Waals surface area contributed by atoms with Crippen LogP contribution in [0.2, 0.25) is 0 Å². The van der Waals surface area contributed by atoms with E-state index in [1.165, 1.54) is 5.69 Å². The second-order valence-electron chi connectivity index (χ2n) is 5.98. The molecule has 0 saturated carbocycles. The first-order valence-electron chi connectivity index (χ1n) is 8.36. The molecular formula is C19H21BrN4O. The number of carbonyl (C=O) groups excluding carboxylic acids is 1. The lowest BCUT2D eigenvalue weighted by molar-refractivity contribution is -0.120. The summed E-state index contributed by atoms with van der Waals surface area (Å²) in [4.78, 5) is 16.1. The van der Waals surface area contributed by atoms with E-state index in [0.29, 0.717) is 12.8 Å². The van der Waals surface area contributed by atoms with Gasteiger partial charge in [-0.2, -0.15) is 5.10 Å². The average molecular weight is 401 g/mol. The minimum atomic E-state index is 0.0298. The van der Waals surface area contributed by atoms with Gasteiger partial charge in [-0.15, -0.1) is 0 Å². The minimum Gasteiger partial charge on any atom is -0.359 e. The normalized spacial score (nSPS) is 11.0. The predicted molar refractivity (Wildman–Crippen MR) is 103 cm³/mol. The van der Waals surface area contributed by atoms with Gasteiger partial charge in [-0.1, -0.05) is 6.92 Å². The molecule has 0 aliphatic heterocycles. The third kappa shape index (κ3) is 3.44. The number of carbonyl (C=O) groups is 1. The summed E-state index contributed by atoms with van der Waals surface area (Å²) in [7, 11) is 1.66. The van der Waals surface area contributed by atoms with Crippen molar-refractivity contribution < 1.29 is 4.79 Å². The van der Waals surface area contributed by atoms with Gasteiger partial charge in [-0.25, -0.2) is 4.52 Å². The van der Waals surface area contributed by atoms with Crippen LogP contribution in [0.3, 0.4) is 0 Å². The number of fused-ring (bicyclic) bond motifs is 1. The number of nitrogens with one attached hydrogen (secondary N) is 1. The number of amides is 1. The molecule has 0 bridgehead atoms. The molecule has 1 amide bonds. The van der Waals surface area contributed by atoms with Crippen LogP contribution in [0.5, 0.6) is 0 Å². The summed E-state index contributed by atoms with van der Waals surface area (Å²) in [6.45, 7) is 4.13. The van der Waals surface area contributed by atoms with Crippen LogP contribution in [-0.2, 0) is 17.6 Å². The van der Waals surface area contributed by atoms with Gasteiger partial charge in [0.2, 0.25) is 5.91 Å². The largest absolute Gasteiger partial charge is 0.359 e. The Labute approximate surface area is 155 Å². The number of halogens is 1. The molecule has 3 heterocycles. The van der Waals surface area contributed by atoms with Gasteiger partial charge < -0.3 is 5.32 Å². The van der Waals surface area contributed by atoms with Crippen molar-refractivity contribution in [3.05, 3.63) is 52.0 Å². The van der Waals surface area contributed by atoms with Crippen molar-refractivity contribution in [2.24, 2.45) is 0 Å². The Bertz CT molecular complexity index is 933. The number of aryl methyl sites for hydroxylation is 2. The van der Waals surface area contributed by atoms with Crippen LogP contribution in [0.4, 0.5) is 0 Å². The lowest BCUT2D eigenvalue weighted by atomic mass is 9.96. The lowest BCUT2D eigenvalue weighted by Crippen LogP contribution is -2.18. The second-order valence-corrected chi connectivity index (χ2v) is 6.89. The molecule has 25 heavy (non-hydrogen) atoms. The molecule has 0 aliphatic carbocycles. The quantitative estimate of drug-likeness (QED) is 0.709. The van der Waals surface area contributed by atoms with Gasteiger partial charge in [0.05, 0.1) is 11.2 Å². The molecule has 0 saturated heterocycles. The van der Waals surface area contributed by atoms with Crippen LogP contribution >= 0.6 is 15.9 Å². The van der Waals surface area contributed by atoms with Crippen LogP contribution < -0.4 is 5.32 Å². The molecule has 0 aromatic carbocycles. The Morgan fingerprint density at radius 3 is 2.80 bits per heavy atom. The van der Waals surface area contributed by atoms with E-state index >= 15 is 0 Å². The zero-order valence-electron chi connectivity index (χ0n) is 14.6. The van der Waals surface area contributed by atoms with Crippen molar-refractivity contribution >= 4 is 27.4 Å². The lowest BCUT2D eigenvalue weighted by Gasteiger charge is -2.15. The summed E-state index contributed by atoms with van der Waals surface area (Å²) in [6, 6.07) is 6.27. The molecule has 0 fully saturated rings. The second kappa shape index (κ2) is 7.35. The van der Waals surface area contributed by atoms with Crippen LogP contribution in [0.1, 0.15) is 30.3 Å². The van der Waals surface area contributed by atoms with E-state index in [4.69, 9.17) is 5.10 Å². The maximum absolute atomic E-state index is 11.8. The maximum atomic E-state index is 11.8. The van der Waals surface area contributed by atoms with E-state index in [9.17, 15) is 4.79 Å². The molecule has 130 valence electrons. The van der Waals surface area contributed by atoms with Gasteiger partial charge in [0.1, 0.15) is 0 Å². The Morgan fingerprint density at radius 2 is 2.12 bits per heavy atom. The molecule has 3 aromatic rings. The van der Waals surface area contributed by atoms with Gasteiger partial charge in [0.15, 0.2) is 0 Å². The Kier molecular flexibility index (Phi) is 5.18. The fourth-order valence-electron chi connectivity index (χ4n) is 3.13. The Morgan fingerprint density at radius 1 is 1.32 bits per heavy atom. The number of aromatic nitrogens is 3. The van der Waals surface area contributed by atoms with Crippen molar-refractivity contribution in [3.8, 4) is 11.1 Å². The van der Waals surface area contributed by atoms with Gasteiger partial charge in [-0.3, -0.25) is 9.78 Å².